The predicted octanol–water partition coefficient (Wildman–Crippen LogP) is 2.61. The predicted molar refractivity (Wildman–Crippen MR) is 70.0 cm³/mol. The van der Waals surface area contributed by atoms with Crippen LogP contribution in [0.1, 0.15) is 20.3 Å². The average molecular weight is 233 g/mol. The zero-order chi connectivity index (χ0) is 12.3. The molecule has 0 aromatic carbocycles. The smallest absolute Gasteiger partial charge is 0.139 e. The summed E-state index contributed by atoms with van der Waals surface area (Å²) in [5.41, 5.74) is 6.63. The van der Waals surface area contributed by atoms with Crippen molar-refractivity contribution in [2.75, 3.05) is 18.4 Å². The second kappa shape index (κ2) is 4.75. The highest BCUT2D eigenvalue weighted by atomic mass is 16.3. The quantitative estimate of drug-likeness (QED) is 0.833. The Hall–Kier alpha value is -1.55. The van der Waals surface area contributed by atoms with E-state index in [0.717, 1.165) is 29.8 Å². The Morgan fingerprint density at radius 3 is 3.00 bits per heavy atom. The van der Waals surface area contributed by atoms with Gasteiger partial charge in [0, 0.05) is 12.7 Å². The van der Waals surface area contributed by atoms with Crippen LogP contribution in [-0.2, 0) is 0 Å². The Kier molecular flexibility index (Phi) is 3.33. The van der Waals surface area contributed by atoms with E-state index < -0.39 is 0 Å². The summed E-state index contributed by atoms with van der Waals surface area (Å²) in [4.78, 5) is 4.34. The van der Waals surface area contributed by atoms with Crippen LogP contribution in [-0.4, -0.2) is 18.1 Å². The van der Waals surface area contributed by atoms with Crippen molar-refractivity contribution in [1.29, 1.82) is 0 Å². The minimum absolute atomic E-state index is 0.169. The van der Waals surface area contributed by atoms with Crippen LogP contribution in [0.25, 0.3) is 11.0 Å². The van der Waals surface area contributed by atoms with Crippen molar-refractivity contribution in [3.8, 4) is 0 Å². The van der Waals surface area contributed by atoms with E-state index in [0.29, 0.717) is 6.54 Å². The molecule has 0 atom stereocenters. The van der Waals surface area contributed by atoms with Crippen LogP contribution >= 0.6 is 0 Å². The summed E-state index contributed by atoms with van der Waals surface area (Å²) in [6.07, 6.45) is 4.42. The van der Waals surface area contributed by atoms with Crippen molar-refractivity contribution in [2.45, 2.75) is 20.3 Å². The summed E-state index contributed by atoms with van der Waals surface area (Å²) in [7, 11) is 0. The Bertz CT molecular complexity index is 490. The lowest BCUT2D eigenvalue weighted by molar-refractivity contribution is 0.365. The van der Waals surface area contributed by atoms with Crippen LogP contribution in [0, 0.1) is 5.41 Å². The third-order valence-corrected chi connectivity index (χ3v) is 2.94. The van der Waals surface area contributed by atoms with Gasteiger partial charge in [0.1, 0.15) is 11.4 Å². The minimum Gasteiger partial charge on any atom is -0.464 e. The zero-order valence-electron chi connectivity index (χ0n) is 10.4. The molecule has 3 N–H and O–H groups in total. The Balaban J connectivity index is 2.11. The monoisotopic (exact) mass is 233 g/mol. The van der Waals surface area contributed by atoms with Gasteiger partial charge in [-0.2, -0.15) is 0 Å². The lowest BCUT2D eigenvalue weighted by atomic mass is 9.89. The van der Waals surface area contributed by atoms with Crippen molar-refractivity contribution in [3.63, 3.8) is 0 Å². The van der Waals surface area contributed by atoms with Gasteiger partial charge in [-0.3, -0.25) is 0 Å². The number of nitrogens with two attached hydrogens (primary N) is 1. The maximum atomic E-state index is 5.60. The van der Waals surface area contributed by atoms with Gasteiger partial charge in [0.2, 0.25) is 0 Å². The molecule has 0 unspecified atom stereocenters. The molecule has 4 heteroatoms. The molecule has 17 heavy (non-hydrogen) atoms. The van der Waals surface area contributed by atoms with Crippen molar-refractivity contribution in [2.24, 2.45) is 11.1 Å². The van der Waals surface area contributed by atoms with Gasteiger partial charge in [0.05, 0.1) is 11.6 Å². The normalized spacial score (nSPS) is 11.9. The summed E-state index contributed by atoms with van der Waals surface area (Å²) in [6, 6.07) is 3.80. The number of pyridine rings is 1. The number of hydrogen-bond donors (Lipinski definition) is 2. The van der Waals surface area contributed by atoms with Crippen LogP contribution in [0.15, 0.2) is 29.0 Å². The fourth-order valence-corrected chi connectivity index (χ4v) is 1.84. The first kappa shape index (κ1) is 11.9. The van der Waals surface area contributed by atoms with Crippen molar-refractivity contribution >= 4 is 16.8 Å². The summed E-state index contributed by atoms with van der Waals surface area (Å²) >= 11 is 0. The molecule has 0 saturated heterocycles. The molecule has 2 aromatic rings. The first-order valence-corrected chi connectivity index (χ1v) is 5.88. The van der Waals surface area contributed by atoms with E-state index in [9.17, 15) is 0 Å². The van der Waals surface area contributed by atoms with Crippen LogP contribution < -0.4 is 11.1 Å². The first-order chi connectivity index (χ1) is 8.12. The summed E-state index contributed by atoms with van der Waals surface area (Å²) in [6.45, 7) is 5.95. The molecule has 0 radical (unpaired) electrons. The topological polar surface area (TPSA) is 64.1 Å². The van der Waals surface area contributed by atoms with Crippen LogP contribution in [0.2, 0.25) is 0 Å². The summed E-state index contributed by atoms with van der Waals surface area (Å²) in [5, 5.41) is 4.40. The maximum Gasteiger partial charge on any atom is 0.139 e. The van der Waals surface area contributed by atoms with E-state index in [1.165, 1.54) is 0 Å². The fourth-order valence-electron chi connectivity index (χ4n) is 1.84. The van der Waals surface area contributed by atoms with E-state index in [1.807, 2.05) is 12.1 Å². The summed E-state index contributed by atoms with van der Waals surface area (Å²) < 4.78 is 5.34. The number of rotatable bonds is 5. The number of nitrogens with zero attached hydrogens (tertiary/aromatic N) is 1. The number of fused-ring (bicyclic) bond motifs is 1. The number of aromatic nitrogens is 1. The number of anilines is 1. The molecule has 0 aliphatic heterocycles. The molecule has 0 fully saturated rings. The lowest BCUT2D eigenvalue weighted by Crippen LogP contribution is -2.26. The minimum atomic E-state index is 0.169. The second-order valence-electron chi connectivity index (χ2n) is 5.05. The van der Waals surface area contributed by atoms with Crippen molar-refractivity contribution < 1.29 is 4.42 Å². The van der Waals surface area contributed by atoms with Gasteiger partial charge in [-0.1, -0.05) is 13.8 Å². The highest BCUT2D eigenvalue weighted by molar-refractivity contribution is 5.87. The van der Waals surface area contributed by atoms with Gasteiger partial charge >= 0.3 is 0 Å². The van der Waals surface area contributed by atoms with Gasteiger partial charge in [-0.05, 0) is 30.5 Å². The van der Waals surface area contributed by atoms with Crippen LogP contribution in [0.4, 0.5) is 5.82 Å². The molecular formula is C13H19N3O. The van der Waals surface area contributed by atoms with E-state index in [4.69, 9.17) is 10.2 Å². The standard InChI is InChI=1S/C13H19N3O/c1-13(2,5-6-14)9-16-12-10-4-8-17-11(10)3-7-15-12/h3-4,7-8H,5-6,9,14H2,1-2H3,(H,15,16). The van der Waals surface area contributed by atoms with Crippen LogP contribution in [0.5, 0.6) is 0 Å². The lowest BCUT2D eigenvalue weighted by Gasteiger charge is -2.24. The van der Waals surface area contributed by atoms with E-state index in [2.05, 4.69) is 24.1 Å². The Morgan fingerprint density at radius 2 is 2.24 bits per heavy atom. The third kappa shape index (κ3) is 2.77. The fraction of sp³-hybridized carbons (Fsp3) is 0.462. The molecule has 0 bridgehead atoms. The van der Waals surface area contributed by atoms with E-state index >= 15 is 0 Å². The maximum absolute atomic E-state index is 5.60. The molecule has 2 rings (SSSR count). The molecule has 2 aromatic heterocycles. The summed E-state index contributed by atoms with van der Waals surface area (Å²) in [5.74, 6) is 0.876. The van der Waals surface area contributed by atoms with Gasteiger partial charge in [-0.15, -0.1) is 0 Å². The molecule has 0 aliphatic carbocycles. The molecule has 0 amide bonds. The van der Waals surface area contributed by atoms with E-state index in [1.54, 1.807) is 12.5 Å². The third-order valence-electron chi connectivity index (χ3n) is 2.94. The Morgan fingerprint density at radius 1 is 1.41 bits per heavy atom. The Labute approximate surface area is 101 Å². The van der Waals surface area contributed by atoms with Gasteiger partial charge in [0.15, 0.2) is 0 Å². The molecule has 0 spiro atoms. The highest BCUT2D eigenvalue weighted by Gasteiger charge is 2.17. The van der Waals surface area contributed by atoms with E-state index in [-0.39, 0.29) is 5.41 Å². The van der Waals surface area contributed by atoms with Crippen molar-refractivity contribution in [1.82, 2.24) is 4.98 Å². The molecule has 0 saturated carbocycles. The van der Waals surface area contributed by atoms with Crippen LogP contribution in [0.3, 0.4) is 0 Å². The number of furan rings is 1. The molecule has 4 nitrogen and oxygen atoms in total. The zero-order valence-corrected chi connectivity index (χ0v) is 10.4. The molecule has 0 aliphatic rings. The largest absolute Gasteiger partial charge is 0.464 e. The number of hydrogen-bond acceptors (Lipinski definition) is 4. The SMILES string of the molecule is CC(C)(CCN)CNc1nccc2occc12. The van der Waals surface area contributed by atoms with Crippen molar-refractivity contribution in [3.05, 3.63) is 24.6 Å². The molecule has 92 valence electrons. The molecular weight excluding hydrogens is 214 g/mol. The van der Waals surface area contributed by atoms with Gasteiger partial charge in [0.25, 0.3) is 0 Å². The first-order valence-electron chi connectivity index (χ1n) is 5.88. The second-order valence-corrected chi connectivity index (χ2v) is 5.05. The average Bonchev–Trinajstić information content (AvgIpc) is 2.74. The highest BCUT2D eigenvalue weighted by Crippen LogP contribution is 2.24. The van der Waals surface area contributed by atoms with Gasteiger partial charge in [-0.25, -0.2) is 4.98 Å². The number of nitrogens with one attached hydrogen (secondary N) is 1. The van der Waals surface area contributed by atoms with Gasteiger partial charge < -0.3 is 15.5 Å². The molecule has 2 heterocycles.